The molecule has 2 N–H and O–H groups in total. The summed E-state index contributed by atoms with van der Waals surface area (Å²) in [6.45, 7) is 2.52. The molecule has 0 aliphatic heterocycles. The first-order valence-electron chi connectivity index (χ1n) is 3.81. The maximum atomic E-state index is 10.4. The van der Waals surface area contributed by atoms with E-state index < -0.39 is 29.8 Å². The summed E-state index contributed by atoms with van der Waals surface area (Å²) in [7, 11) is 0. The Morgan fingerprint density at radius 1 is 1.20 bits per heavy atom. The van der Waals surface area contributed by atoms with Gasteiger partial charge in [0.2, 0.25) is 5.69 Å². The van der Waals surface area contributed by atoms with Crippen LogP contribution in [0.4, 0.5) is 0 Å². The molecule has 0 fully saturated rings. The second-order valence-electron chi connectivity index (χ2n) is 2.64. The van der Waals surface area contributed by atoms with Crippen molar-refractivity contribution in [1.29, 1.82) is 0 Å². The normalized spacial score (nSPS) is 18.9. The molecule has 0 amide bonds. The zero-order valence-electron chi connectivity index (χ0n) is 7.98. The lowest BCUT2D eigenvalue weighted by molar-refractivity contribution is -0.145. The van der Waals surface area contributed by atoms with Gasteiger partial charge in [-0.3, -0.25) is 0 Å². The number of carboxylic acids is 2. The monoisotopic (exact) mass is 274 g/mol. The van der Waals surface area contributed by atoms with Crippen molar-refractivity contribution in [3.05, 3.63) is 0 Å². The summed E-state index contributed by atoms with van der Waals surface area (Å²) in [5.74, 6) is -2.44. The zero-order valence-corrected chi connectivity index (χ0v) is 10.6. The third-order valence-electron chi connectivity index (χ3n) is 1.28. The van der Waals surface area contributed by atoms with Gasteiger partial charge in [0.15, 0.2) is 12.2 Å². The van der Waals surface area contributed by atoms with E-state index in [9.17, 15) is 9.59 Å². The Hall–Kier alpha value is -0.140. The summed E-state index contributed by atoms with van der Waals surface area (Å²) < 4.78 is 9.65. The molecule has 0 spiro atoms. The summed E-state index contributed by atoms with van der Waals surface area (Å²) in [6.07, 6.45) is -2.37. The molecule has 0 aliphatic carbocycles. The minimum Gasteiger partial charge on any atom is -0.479 e. The van der Waals surface area contributed by atoms with Gasteiger partial charge in [-0.05, 0) is 25.7 Å². The van der Waals surface area contributed by atoms with Gasteiger partial charge in [0.25, 0.3) is 0 Å². The van der Waals surface area contributed by atoms with E-state index in [1.165, 1.54) is 13.8 Å². The number of hydrogen-bond acceptors (Lipinski definition) is 5. The van der Waals surface area contributed by atoms with Crippen molar-refractivity contribution in [3.63, 3.8) is 0 Å². The zero-order chi connectivity index (χ0) is 12.2. The Labute approximate surface area is 96.9 Å². The van der Waals surface area contributed by atoms with Gasteiger partial charge in [-0.25, -0.2) is 9.59 Å². The lowest BCUT2D eigenvalue weighted by atomic mass is 10.4. The molecule has 0 saturated heterocycles. The fourth-order valence-electron chi connectivity index (χ4n) is 0.515. The van der Waals surface area contributed by atoms with E-state index in [1.807, 2.05) is 0 Å². The second-order valence-corrected chi connectivity index (χ2v) is 7.83. The average Bonchev–Trinajstić information content (AvgIpc) is 2.01. The maximum absolute atomic E-state index is 10.4. The summed E-state index contributed by atoms with van der Waals surface area (Å²) in [5.41, 5.74) is -3.15. The fourth-order valence-corrected chi connectivity index (χ4v) is 3.17. The van der Waals surface area contributed by atoms with Gasteiger partial charge in [-0.2, -0.15) is 0 Å². The van der Waals surface area contributed by atoms with Gasteiger partial charge in [0.05, 0.1) is 0 Å². The Morgan fingerprint density at radius 2 is 1.47 bits per heavy atom. The third kappa shape index (κ3) is 6.11. The molecule has 6 nitrogen and oxygen atoms in total. The largest absolute Gasteiger partial charge is 0.479 e. The van der Waals surface area contributed by atoms with Gasteiger partial charge >= 0.3 is 11.9 Å². The number of thiol groups is 1. The SMILES string of the molecule is CC(OP(=S)(S)OC(C)C(=O)O)C(=O)O. The van der Waals surface area contributed by atoms with E-state index in [0.29, 0.717) is 0 Å². The molecule has 2 unspecified atom stereocenters. The molecular formula is C6H11O6PS2. The summed E-state index contributed by atoms with van der Waals surface area (Å²) >= 11 is 8.55. The molecule has 0 aromatic rings. The summed E-state index contributed by atoms with van der Waals surface area (Å²) in [5, 5.41) is 17.1. The molecule has 0 saturated carbocycles. The van der Waals surface area contributed by atoms with Crippen LogP contribution in [-0.2, 0) is 30.4 Å². The number of aliphatic carboxylic acids is 2. The van der Waals surface area contributed by atoms with Crippen LogP contribution in [0, 0.1) is 0 Å². The molecule has 2 atom stereocenters. The number of carboxylic acid groups (broad SMARTS) is 2. The minimum atomic E-state index is -3.15. The Morgan fingerprint density at radius 3 is 1.67 bits per heavy atom. The first kappa shape index (κ1) is 14.9. The van der Waals surface area contributed by atoms with E-state index in [1.54, 1.807) is 0 Å². The van der Waals surface area contributed by atoms with E-state index in [-0.39, 0.29) is 0 Å². The first-order valence-corrected chi connectivity index (χ1v) is 7.60. The molecule has 88 valence electrons. The quantitative estimate of drug-likeness (QED) is 0.493. The Balaban J connectivity index is 4.37. The molecule has 0 aliphatic rings. The van der Waals surface area contributed by atoms with Gasteiger partial charge in [-0.15, -0.1) is 0 Å². The van der Waals surface area contributed by atoms with Crippen molar-refractivity contribution >= 4 is 41.7 Å². The van der Waals surface area contributed by atoms with Crippen molar-refractivity contribution in [1.82, 2.24) is 0 Å². The number of rotatable bonds is 6. The Kier molecular flexibility index (Phi) is 5.76. The van der Waals surface area contributed by atoms with Crippen LogP contribution in [0.15, 0.2) is 0 Å². The topological polar surface area (TPSA) is 93.1 Å². The molecule has 15 heavy (non-hydrogen) atoms. The molecule has 9 heteroatoms. The molecule has 0 aromatic carbocycles. The predicted molar refractivity (Wildman–Crippen MR) is 59.6 cm³/mol. The van der Waals surface area contributed by atoms with Crippen LogP contribution >= 0.6 is 17.9 Å². The highest BCUT2D eigenvalue weighted by Gasteiger charge is 2.26. The number of hydrogen-bond donors (Lipinski definition) is 3. The fraction of sp³-hybridized carbons (Fsp3) is 0.667. The van der Waals surface area contributed by atoms with Crippen LogP contribution in [-0.4, -0.2) is 34.4 Å². The molecule has 0 rings (SSSR count). The molecular weight excluding hydrogens is 263 g/mol. The molecule has 0 radical (unpaired) electrons. The van der Waals surface area contributed by atoms with Crippen molar-refractivity contribution < 1.29 is 28.8 Å². The maximum Gasteiger partial charge on any atom is 0.333 e. The lowest BCUT2D eigenvalue weighted by Gasteiger charge is -2.21. The van der Waals surface area contributed by atoms with Crippen LogP contribution in [0.3, 0.4) is 0 Å². The van der Waals surface area contributed by atoms with Crippen molar-refractivity contribution in [2.45, 2.75) is 26.1 Å². The minimum absolute atomic E-state index is 1.19. The van der Waals surface area contributed by atoms with Crippen molar-refractivity contribution in [2.24, 2.45) is 0 Å². The van der Waals surface area contributed by atoms with Crippen LogP contribution in [0.25, 0.3) is 0 Å². The van der Waals surface area contributed by atoms with Gasteiger partial charge in [0, 0.05) is 0 Å². The van der Waals surface area contributed by atoms with Gasteiger partial charge in [0.1, 0.15) is 0 Å². The number of carbonyl (C=O) groups is 2. The van der Waals surface area contributed by atoms with Crippen LogP contribution < -0.4 is 0 Å². The molecule has 0 heterocycles. The van der Waals surface area contributed by atoms with Crippen LogP contribution in [0.5, 0.6) is 0 Å². The second kappa shape index (κ2) is 5.81. The summed E-state index contributed by atoms with van der Waals surface area (Å²) in [4.78, 5) is 20.9. The third-order valence-corrected chi connectivity index (χ3v) is 3.53. The van der Waals surface area contributed by atoms with Gasteiger partial charge in [-0.1, -0.05) is 12.2 Å². The van der Waals surface area contributed by atoms with E-state index >= 15 is 0 Å². The standard InChI is InChI=1S/C6H11O6PS2/c1-3(5(7)8)11-13(14,15)12-4(2)6(9)10/h3-4H,1-2H3,(H,7,8)(H,9,10)(H,14,15). The highest BCUT2D eigenvalue weighted by atomic mass is 32.9. The van der Waals surface area contributed by atoms with Crippen LogP contribution in [0.2, 0.25) is 0 Å². The van der Waals surface area contributed by atoms with E-state index in [0.717, 1.165) is 0 Å². The van der Waals surface area contributed by atoms with Crippen molar-refractivity contribution in [3.8, 4) is 0 Å². The summed E-state index contributed by atoms with van der Waals surface area (Å²) in [6, 6.07) is 0. The van der Waals surface area contributed by atoms with Crippen molar-refractivity contribution in [2.75, 3.05) is 0 Å². The molecule has 0 aromatic heterocycles. The smallest absolute Gasteiger partial charge is 0.333 e. The molecule has 0 bridgehead atoms. The van der Waals surface area contributed by atoms with Gasteiger partial charge < -0.3 is 19.3 Å². The van der Waals surface area contributed by atoms with E-state index in [4.69, 9.17) is 31.1 Å². The lowest BCUT2D eigenvalue weighted by Crippen LogP contribution is -2.22. The highest BCUT2D eigenvalue weighted by Crippen LogP contribution is 2.55. The average molecular weight is 274 g/mol. The first-order chi connectivity index (χ1) is 6.65. The van der Waals surface area contributed by atoms with Crippen LogP contribution in [0.1, 0.15) is 13.8 Å². The Bertz CT molecular complexity index is 280. The highest BCUT2D eigenvalue weighted by molar-refractivity contribution is 8.60. The van der Waals surface area contributed by atoms with E-state index in [2.05, 4.69) is 12.2 Å². The predicted octanol–water partition coefficient (Wildman–Crippen LogP) is 1.12.